The standard InChI is InChI=1S/C26H23NO4/c1-16-11-13-18(14-12-16)24(28)22-23(19-8-6-9-20(15-19)31-3)27(26(30)25(22)29)21-10-5-4-7-17(21)2/h4-15,23,28H,1-3H3/b24-22-. The lowest BCUT2D eigenvalue weighted by molar-refractivity contribution is -0.132. The van der Waals surface area contributed by atoms with Crippen LogP contribution in [0.25, 0.3) is 5.76 Å². The van der Waals surface area contributed by atoms with Crippen molar-refractivity contribution in [1.82, 2.24) is 0 Å². The van der Waals surface area contributed by atoms with E-state index < -0.39 is 17.7 Å². The first kappa shape index (κ1) is 20.4. The van der Waals surface area contributed by atoms with Crippen molar-refractivity contribution in [2.75, 3.05) is 12.0 Å². The number of hydrogen-bond donors (Lipinski definition) is 1. The number of anilines is 1. The van der Waals surface area contributed by atoms with Crippen LogP contribution in [0.2, 0.25) is 0 Å². The number of hydrogen-bond acceptors (Lipinski definition) is 4. The van der Waals surface area contributed by atoms with Crippen LogP contribution in [0.4, 0.5) is 5.69 Å². The minimum absolute atomic E-state index is 0.0605. The van der Waals surface area contributed by atoms with Gasteiger partial charge in [-0.1, -0.05) is 60.2 Å². The van der Waals surface area contributed by atoms with Gasteiger partial charge in [0.1, 0.15) is 11.5 Å². The van der Waals surface area contributed by atoms with Gasteiger partial charge in [0.05, 0.1) is 18.7 Å². The number of carbonyl (C=O) groups is 2. The van der Waals surface area contributed by atoms with Crippen molar-refractivity contribution in [1.29, 1.82) is 0 Å². The van der Waals surface area contributed by atoms with E-state index in [2.05, 4.69) is 0 Å². The van der Waals surface area contributed by atoms with Gasteiger partial charge in [-0.3, -0.25) is 14.5 Å². The molecular formula is C26H23NO4. The molecule has 1 amide bonds. The molecule has 3 aromatic rings. The third-order valence-electron chi connectivity index (χ3n) is 5.55. The largest absolute Gasteiger partial charge is 0.507 e. The molecule has 1 aliphatic heterocycles. The van der Waals surface area contributed by atoms with Crippen LogP contribution in [0.1, 0.15) is 28.3 Å². The lowest BCUT2D eigenvalue weighted by Gasteiger charge is -2.27. The molecule has 1 atom stereocenters. The van der Waals surface area contributed by atoms with Crippen molar-refractivity contribution in [2.24, 2.45) is 0 Å². The fourth-order valence-electron chi connectivity index (χ4n) is 3.91. The van der Waals surface area contributed by atoms with Crippen molar-refractivity contribution in [3.05, 3.63) is 101 Å². The molecule has 1 unspecified atom stereocenters. The quantitative estimate of drug-likeness (QED) is 0.374. The van der Waals surface area contributed by atoms with Gasteiger partial charge in [0.2, 0.25) is 0 Å². The van der Waals surface area contributed by atoms with Crippen molar-refractivity contribution in [3.8, 4) is 5.75 Å². The highest BCUT2D eigenvalue weighted by molar-refractivity contribution is 6.51. The van der Waals surface area contributed by atoms with Crippen LogP contribution >= 0.6 is 0 Å². The Hall–Kier alpha value is -3.86. The number of amides is 1. The van der Waals surface area contributed by atoms with E-state index >= 15 is 0 Å². The summed E-state index contributed by atoms with van der Waals surface area (Å²) in [7, 11) is 1.56. The molecule has 0 radical (unpaired) electrons. The van der Waals surface area contributed by atoms with E-state index in [4.69, 9.17) is 4.74 Å². The SMILES string of the molecule is COc1cccc(C2/C(=C(/O)c3ccc(C)cc3)C(=O)C(=O)N2c2ccccc2C)c1. The Bertz CT molecular complexity index is 1190. The molecule has 1 saturated heterocycles. The lowest BCUT2D eigenvalue weighted by Crippen LogP contribution is -2.30. The van der Waals surface area contributed by atoms with Crippen molar-refractivity contribution >= 4 is 23.1 Å². The Morgan fingerprint density at radius 3 is 2.32 bits per heavy atom. The summed E-state index contributed by atoms with van der Waals surface area (Å²) in [5.41, 5.74) is 3.73. The Labute approximate surface area is 181 Å². The van der Waals surface area contributed by atoms with Gasteiger partial charge in [-0.2, -0.15) is 0 Å². The molecule has 0 spiro atoms. The zero-order chi connectivity index (χ0) is 22.1. The average Bonchev–Trinajstić information content (AvgIpc) is 3.05. The van der Waals surface area contributed by atoms with Gasteiger partial charge in [0.25, 0.3) is 11.7 Å². The Morgan fingerprint density at radius 1 is 0.935 bits per heavy atom. The van der Waals surface area contributed by atoms with Crippen molar-refractivity contribution in [3.63, 3.8) is 0 Å². The van der Waals surface area contributed by atoms with Gasteiger partial charge < -0.3 is 9.84 Å². The number of ether oxygens (including phenoxy) is 1. The minimum atomic E-state index is -0.780. The number of aliphatic hydroxyl groups is 1. The van der Waals surface area contributed by atoms with Crippen LogP contribution in [0.3, 0.4) is 0 Å². The first-order chi connectivity index (χ1) is 14.9. The molecular weight excluding hydrogens is 390 g/mol. The summed E-state index contributed by atoms with van der Waals surface area (Å²) >= 11 is 0. The van der Waals surface area contributed by atoms with E-state index in [0.717, 1.165) is 11.1 Å². The number of Topliss-reactive ketones (excluding diaryl/α,β-unsaturated/α-hetero) is 1. The molecule has 0 saturated carbocycles. The summed E-state index contributed by atoms with van der Waals surface area (Å²) in [5, 5.41) is 11.1. The molecule has 4 rings (SSSR count). The molecule has 0 aromatic heterocycles. The molecule has 1 N–H and O–H groups in total. The monoisotopic (exact) mass is 413 g/mol. The van der Waals surface area contributed by atoms with E-state index in [1.165, 1.54) is 4.90 Å². The third kappa shape index (κ3) is 3.59. The fourth-order valence-corrected chi connectivity index (χ4v) is 3.91. The molecule has 5 heteroatoms. The van der Waals surface area contributed by atoms with Crippen LogP contribution in [-0.2, 0) is 9.59 Å². The first-order valence-electron chi connectivity index (χ1n) is 10.00. The molecule has 31 heavy (non-hydrogen) atoms. The van der Waals surface area contributed by atoms with E-state index in [1.807, 2.05) is 50.2 Å². The number of rotatable bonds is 4. The number of carbonyl (C=O) groups excluding carboxylic acids is 2. The average molecular weight is 413 g/mol. The Morgan fingerprint density at radius 2 is 1.65 bits per heavy atom. The Kier molecular flexibility index (Phi) is 5.34. The second kappa shape index (κ2) is 8.11. The predicted molar refractivity (Wildman–Crippen MR) is 120 cm³/mol. The van der Waals surface area contributed by atoms with Crippen molar-refractivity contribution < 1.29 is 19.4 Å². The number of benzene rings is 3. The molecule has 1 aliphatic rings. The van der Waals surface area contributed by atoms with Crippen LogP contribution in [0.5, 0.6) is 5.75 Å². The summed E-state index contributed by atoms with van der Waals surface area (Å²) in [4.78, 5) is 27.8. The fraction of sp³-hybridized carbons (Fsp3) is 0.154. The summed E-state index contributed by atoms with van der Waals surface area (Å²) in [5.74, 6) is -0.976. The maximum absolute atomic E-state index is 13.2. The molecule has 156 valence electrons. The van der Waals surface area contributed by atoms with Crippen LogP contribution < -0.4 is 9.64 Å². The highest BCUT2D eigenvalue weighted by Crippen LogP contribution is 2.43. The van der Waals surface area contributed by atoms with Gasteiger partial charge >= 0.3 is 0 Å². The summed E-state index contributed by atoms with van der Waals surface area (Å²) in [6, 6.07) is 21.0. The van der Waals surface area contributed by atoms with Gasteiger partial charge in [0.15, 0.2) is 0 Å². The van der Waals surface area contributed by atoms with Crippen LogP contribution in [0.15, 0.2) is 78.4 Å². The molecule has 0 aliphatic carbocycles. The van der Waals surface area contributed by atoms with E-state index in [-0.39, 0.29) is 11.3 Å². The van der Waals surface area contributed by atoms with Gasteiger partial charge in [-0.05, 0) is 43.2 Å². The molecule has 1 fully saturated rings. The first-order valence-corrected chi connectivity index (χ1v) is 10.00. The molecule has 0 bridgehead atoms. The highest BCUT2D eigenvalue weighted by Gasteiger charge is 2.47. The van der Waals surface area contributed by atoms with E-state index in [0.29, 0.717) is 22.6 Å². The van der Waals surface area contributed by atoms with E-state index in [1.54, 1.807) is 43.5 Å². The van der Waals surface area contributed by atoms with E-state index in [9.17, 15) is 14.7 Å². The zero-order valence-corrected chi connectivity index (χ0v) is 17.6. The lowest BCUT2D eigenvalue weighted by atomic mass is 9.94. The van der Waals surface area contributed by atoms with Gasteiger partial charge in [-0.15, -0.1) is 0 Å². The second-order valence-electron chi connectivity index (χ2n) is 7.60. The number of aliphatic hydroxyl groups excluding tert-OH is 1. The summed E-state index contributed by atoms with van der Waals surface area (Å²) in [6.07, 6.45) is 0. The molecule has 5 nitrogen and oxygen atoms in total. The maximum Gasteiger partial charge on any atom is 0.300 e. The van der Waals surface area contributed by atoms with Crippen molar-refractivity contribution in [2.45, 2.75) is 19.9 Å². The summed E-state index contributed by atoms with van der Waals surface area (Å²) in [6.45, 7) is 3.83. The normalized spacial score (nSPS) is 17.8. The number of para-hydroxylation sites is 1. The topological polar surface area (TPSA) is 66.8 Å². The maximum atomic E-state index is 13.2. The second-order valence-corrected chi connectivity index (χ2v) is 7.60. The summed E-state index contributed by atoms with van der Waals surface area (Å²) < 4.78 is 5.36. The molecule has 1 heterocycles. The number of ketones is 1. The highest BCUT2D eigenvalue weighted by atomic mass is 16.5. The third-order valence-corrected chi connectivity index (χ3v) is 5.55. The van der Waals surface area contributed by atoms with Gasteiger partial charge in [-0.25, -0.2) is 0 Å². The smallest absolute Gasteiger partial charge is 0.300 e. The number of methoxy groups -OCH3 is 1. The minimum Gasteiger partial charge on any atom is -0.507 e. The van der Waals surface area contributed by atoms with Crippen LogP contribution in [-0.4, -0.2) is 23.9 Å². The Balaban J connectivity index is 1.97. The van der Waals surface area contributed by atoms with Crippen LogP contribution in [0, 0.1) is 13.8 Å². The number of nitrogens with zero attached hydrogens (tertiary/aromatic N) is 1. The molecule has 3 aromatic carbocycles. The number of aryl methyl sites for hydroxylation is 2. The predicted octanol–water partition coefficient (Wildman–Crippen LogP) is 4.94. The zero-order valence-electron chi connectivity index (χ0n) is 17.6. The van der Waals surface area contributed by atoms with Gasteiger partial charge in [0, 0.05) is 11.3 Å².